The molecule has 0 aliphatic carbocycles. The second-order valence-corrected chi connectivity index (χ2v) is 9.58. The molecule has 3 N–H and O–H groups in total. The molecule has 1 aliphatic rings. The quantitative estimate of drug-likeness (QED) is 0.414. The number of carbonyl (C=O) groups is 2. The smallest absolute Gasteiger partial charge is 0.326 e. The van der Waals surface area contributed by atoms with E-state index in [0.717, 1.165) is 55.1 Å². The van der Waals surface area contributed by atoms with Gasteiger partial charge in [0.15, 0.2) is 0 Å². The molecule has 7 heteroatoms. The standard InChI is InChI=1S/C29H34N4O3/c1-20-11-14-30-27(17-20)31-19-23-12-15-33(16-13-23)24-9-7-22(8-10-24)18-26(29(35)36)32-28(34)25-6-4-3-5-21(25)2/h3-11,14,17,23,26H,12-13,15-16,18-19H2,1-2H3,(H,30,31)(H,32,34)(H,35,36). The Balaban J connectivity index is 1.28. The molecule has 36 heavy (non-hydrogen) atoms. The highest BCUT2D eigenvalue weighted by atomic mass is 16.4. The molecule has 2 aromatic carbocycles. The van der Waals surface area contributed by atoms with Crippen LogP contribution in [0.1, 0.15) is 39.9 Å². The predicted octanol–water partition coefficient (Wildman–Crippen LogP) is 4.45. The van der Waals surface area contributed by atoms with Gasteiger partial charge >= 0.3 is 5.97 Å². The van der Waals surface area contributed by atoms with Gasteiger partial charge in [0.25, 0.3) is 5.91 Å². The van der Waals surface area contributed by atoms with Crippen LogP contribution in [0.2, 0.25) is 0 Å². The van der Waals surface area contributed by atoms with Crippen LogP contribution in [0, 0.1) is 19.8 Å². The molecule has 188 valence electrons. The predicted molar refractivity (Wildman–Crippen MR) is 143 cm³/mol. The number of nitrogens with zero attached hydrogens (tertiary/aromatic N) is 2. The lowest BCUT2D eigenvalue weighted by Gasteiger charge is -2.34. The van der Waals surface area contributed by atoms with E-state index < -0.39 is 12.0 Å². The summed E-state index contributed by atoms with van der Waals surface area (Å²) >= 11 is 0. The van der Waals surface area contributed by atoms with Crippen LogP contribution in [0.25, 0.3) is 0 Å². The number of carboxylic acids is 1. The average Bonchev–Trinajstić information content (AvgIpc) is 2.88. The summed E-state index contributed by atoms with van der Waals surface area (Å²) < 4.78 is 0. The van der Waals surface area contributed by atoms with Gasteiger partial charge in [-0.05, 0) is 79.6 Å². The minimum Gasteiger partial charge on any atom is -0.480 e. The summed E-state index contributed by atoms with van der Waals surface area (Å²) in [6.45, 7) is 6.80. The molecule has 1 atom stereocenters. The summed E-state index contributed by atoms with van der Waals surface area (Å²) in [7, 11) is 0. The first-order valence-electron chi connectivity index (χ1n) is 12.5. The number of hydrogen-bond donors (Lipinski definition) is 3. The number of carboxylic acid groups (broad SMARTS) is 1. The van der Waals surface area contributed by atoms with E-state index in [0.29, 0.717) is 11.5 Å². The maximum Gasteiger partial charge on any atom is 0.326 e. The Labute approximate surface area is 212 Å². The van der Waals surface area contributed by atoms with Crippen LogP contribution in [0.4, 0.5) is 11.5 Å². The van der Waals surface area contributed by atoms with E-state index in [2.05, 4.69) is 33.5 Å². The number of amides is 1. The first-order chi connectivity index (χ1) is 17.4. The highest BCUT2D eigenvalue weighted by Crippen LogP contribution is 2.24. The van der Waals surface area contributed by atoms with Crippen LogP contribution in [0.5, 0.6) is 0 Å². The van der Waals surface area contributed by atoms with Gasteiger partial charge in [-0.25, -0.2) is 9.78 Å². The van der Waals surface area contributed by atoms with E-state index in [1.165, 1.54) is 5.56 Å². The molecule has 3 aromatic rings. The van der Waals surface area contributed by atoms with Crippen LogP contribution in [0.15, 0.2) is 66.9 Å². The van der Waals surface area contributed by atoms with Gasteiger partial charge in [-0.2, -0.15) is 0 Å². The lowest BCUT2D eigenvalue weighted by atomic mass is 9.96. The molecule has 1 unspecified atom stereocenters. The maximum atomic E-state index is 12.6. The number of aliphatic carboxylic acids is 1. The molecular weight excluding hydrogens is 452 g/mol. The van der Waals surface area contributed by atoms with Crippen molar-refractivity contribution in [1.29, 1.82) is 0 Å². The van der Waals surface area contributed by atoms with Gasteiger partial charge in [0.05, 0.1) is 0 Å². The number of rotatable bonds is 9. The highest BCUT2D eigenvalue weighted by molar-refractivity contribution is 5.97. The molecule has 1 aromatic heterocycles. The number of nitrogens with one attached hydrogen (secondary N) is 2. The number of pyridine rings is 1. The number of hydrogen-bond acceptors (Lipinski definition) is 5. The molecule has 1 saturated heterocycles. The van der Waals surface area contributed by atoms with E-state index in [4.69, 9.17) is 0 Å². The first kappa shape index (κ1) is 25.2. The van der Waals surface area contributed by atoms with Crippen molar-refractivity contribution in [2.75, 3.05) is 29.9 Å². The van der Waals surface area contributed by atoms with Crippen LogP contribution in [-0.4, -0.2) is 47.6 Å². The van der Waals surface area contributed by atoms with Crippen molar-refractivity contribution in [3.8, 4) is 0 Å². The Hall–Kier alpha value is -3.87. The number of aromatic nitrogens is 1. The summed E-state index contributed by atoms with van der Waals surface area (Å²) in [6.07, 6.45) is 4.27. The third-order valence-corrected chi connectivity index (χ3v) is 6.84. The number of benzene rings is 2. The monoisotopic (exact) mass is 486 g/mol. The fraction of sp³-hybridized carbons (Fsp3) is 0.345. The van der Waals surface area contributed by atoms with Gasteiger partial charge in [0, 0.05) is 43.5 Å². The SMILES string of the molecule is Cc1ccnc(NCC2CCN(c3ccc(CC(NC(=O)c4ccccc4C)C(=O)O)cc3)CC2)c1. The Kier molecular flexibility index (Phi) is 8.21. The summed E-state index contributed by atoms with van der Waals surface area (Å²) in [5.41, 5.74) is 4.53. The van der Waals surface area contributed by atoms with Gasteiger partial charge in [-0.3, -0.25) is 4.79 Å². The van der Waals surface area contributed by atoms with E-state index >= 15 is 0 Å². The van der Waals surface area contributed by atoms with E-state index in [1.807, 2.05) is 55.6 Å². The average molecular weight is 487 g/mol. The van der Waals surface area contributed by atoms with Gasteiger partial charge in [-0.15, -0.1) is 0 Å². The summed E-state index contributed by atoms with van der Waals surface area (Å²) in [5.74, 6) is 0.129. The third kappa shape index (κ3) is 6.62. The molecular formula is C29H34N4O3. The van der Waals surface area contributed by atoms with Crippen LogP contribution in [-0.2, 0) is 11.2 Å². The summed E-state index contributed by atoms with van der Waals surface area (Å²) in [5, 5.41) is 15.8. The van der Waals surface area contributed by atoms with Crippen molar-refractivity contribution < 1.29 is 14.7 Å². The molecule has 0 bridgehead atoms. The van der Waals surface area contributed by atoms with Gasteiger partial charge in [0.1, 0.15) is 11.9 Å². The summed E-state index contributed by atoms with van der Waals surface area (Å²) in [4.78, 5) is 31.2. The van der Waals surface area contributed by atoms with Crippen LogP contribution in [0.3, 0.4) is 0 Å². The second kappa shape index (κ2) is 11.7. The molecule has 2 heterocycles. The zero-order valence-electron chi connectivity index (χ0n) is 20.9. The first-order valence-corrected chi connectivity index (χ1v) is 12.5. The number of carbonyl (C=O) groups excluding carboxylic acids is 1. The topological polar surface area (TPSA) is 94.6 Å². The van der Waals surface area contributed by atoms with Crippen molar-refractivity contribution in [3.05, 3.63) is 89.1 Å². The Morgan fingerprint density at radius 2 is 1.78 bits per heavy atom. The van der Waals surface area contributed by atoms with Crippen molar-refractivity contribution in [2.45, 2.75) is 39.2 Å². The van der Waals surface area contributed by atoms with Gasteiger partial charge < -0.3 is 20.6 Å². The van der Waals surface area contributed by atoms with Gasteiger partial charge in [-0.1, -0.05) is 30.3 Å². The zero-order valence-corrected chi connectivity index (χ0v) is 20.9. The second-order valence-electron chi connectivity index (χ2n) is 9.58. The minimum atomic E-state index is -1.04. The summed E-state index contributed by atoms with van der Waals surface area (Å²) in [6, 6.07) is 18.3. The molecule has 0 spiro atoms. The normalized spacial score (nSPS) is 14.8. The number of anilines is 2. The van der Waals surface area contributed by atoms with E-state index in [1.54, 1.807) is 12.1 Å². The minimum absolute atomic E-state index is 0.230. The van der Waals surface area contributed by atoms with Crippen molar-refractivity contribution in [2.24, 2.45) is 5.92 Å². The van der Waals surface area contributed by atoms with Crippen molar-refractivity contribution >= 4 is 23.4 Å². The van der Waals surface area contributed by atoms with Crippen LogP contribution >= 0.6 is 0 Å². The fourth-order valence-electron chi connectivity index (χ4n) is 4.62. The molecule has 1 aliphatic heterocycles. The molecule has 7 nitrogen and oxygen atoms in total. The lowest BCUT2D eigenvalue weighted by Crippen LogP contribution is -2.42. The molecule has 0 radical (unpaired) electrons. The third-order valence-electron chi connectivity index (χ3n) is 6.84. The van der Waals surface area contributed by atoms with Gasteiger partial charge in [0.2, 0.25) is 0 Å². The van der Waals surface area contributed by atoms with E-state index in [9.17, 15) is 14.7 Å². The molecule has 0 saturated carbocycles. The fourth-order valence-corrected chi connectivity index (χ4v) is 4.62. The Morgan fingerprint density at radius 1 is 1.06 bits per heavy atom. The van der Waals surface area contributed by atoms with Crippen molar-refractivity contribution in [1.82, 2.24) is 10.3 Å². The number of aryl methyl sites for hydroxylation is 2. The molecule has 1 fully saturated rings. The number of piperidine rings is 1. The lowest BCUT2D eigenvalue weighted by molar-refractivity contribution is -0.139. The Bertz CT molecular complexity index is 1190. The van der Waals surface area contributed by atoms with Crippen molar-refractivity contribution in [3.63, 3.8) is 0 Å². The Morgan fingerprint density at radius 3 is 2.44 bits per heavy atom. The molecule has 4 rings (SSSR count). The molecule has 1 amide bonds. The maximum absolute atomic E-state index is 12.6. The highest BCUT2D eigenvalue weighted by Gasteiger charge is 2.23. The largest absolute Gasteiger partial charge is 0.480 e. The van der Waals surface area contributed by atoms with Crippen LogP contribution < -0.4 is 15.5 Å². The van der Waals surface area contributed by atoms with E-state index in [-0.39, 0.29) is 12.3 Å². The zero-order chi connectivity index (χ0) is 25.5.